The van der Waals surface area contributed by atoms with Crippen molar-refractivity contribution in [2.45, 2.75) is 17.5 Å². The summed E-state index contributed by atoms with van der Waals surface area (Å²) >= 11 is 7.93. The molecule has 0 bridgehead atoms. The first-order valence-corrected chi connectivity index (χ1v) is 12.8. The van der Waals surface area contributed by atoms with Crippen molar-refractivity contribution >= 4 is 41.6 Å². The maximum absolute atomic E-state index is 14.2. The molecule has 5 nitrogen and oxygen atoms in total. The number of carbonyl (C=O) groups is 1. The molecule has 1 N–H and O–H groups in total. The summed E-state index contributed by atoms with van der Waals surface area (Å²) in [4.78, 5) is 12.5. The van der Waals surface area contributed by atoms with Gasteiger partial charge in [0, 0.05) is 0 Å². The monoisotopic (exact) mass is 502 g/mol. The van der Waals surface area contributed by atoms with E-state index in [1.165, 1.54) is 0 Å². The molecular weight excluding hydrogens is 481 g/mol. The number of hydrogen-bond acceptors (Lipinski definition) is 4. The van der Waals surface area contributed by atoms with Gasteiger partial charge in [-0.15, -0.1) is 0 Å². The van der Waals surface area contributed by atoms with E-state index in [0.717, 1.165) is 0 Å². The van der Waals surface area contributed by atoms with Gasteiger partial charge in [0.2, 0.25) is 0 Å². The molecule has 8 heteroatoms. The number of carbonyl (C=O) groups excluding carboxylic acids is 1. The van der Waals surface area contributed by atoms with Gasteiger partial charge >= 0.3 is 190 Å². The van der Waals surface area contributed by atoms with Crippen LogP contribution in [0.3, 0.4) is 0 Å². The van der Waals surface area contributed by atoms with E-state index in [1.807, 2.05) is 28.6 Å². The Bertz CT molecular complexity index is 957. The van der Waals surface area contributed by atoms with E-state index in [9.17, 15) is 9.36 Å². The van der Waals surface area contributed by atoms with E-state index < -0.39 is 13.4 Å². The Morgan fingerprint density at radius 3 is 1.87 bits per heavy atom. The molecule has 0 aliphatic carbocycles. The molecule has 153 valence electrons. The molecule has 0 fully saturated rings. The Morgan fingerprint density at radius 1 is 0.900 bits per heavy atom. The Kier molecular flexibility index (Phi) is 8.03. The van der Waals surface area contributed by atoms with Crippen molar-refractivity contribution in [3.05, 3.63) is 95.5 Å². The summed E-state index contributed by atoms with van der Waals surface area (Å²) < 4.78 is 26.0. The summed E-state index contributed by atoms with van der Waals surface area (Å²) in [5, 5.41) is 4.02. The number of benzene rings is 3. The number of nitrogens with one attached hydrogen (secondary N) is 1. The van der Waals surface area contributed by atoms with Gasteiger partial charge in [-0.1, -0.05) is 0 Å². The van der Waals surface area contributed by atoms with Crippen LogP contribution in [0.25, 0.3) is 0 Å². The summed E-state index contributed by atoms with van der Waals surface area (Å²) in [5.41, 5.74) is 0.569. The predicted octanol–water partition coefficient (Wildman–Crippen LogP) is 5.78. The zero-order chi connectivity index (χ0) is 21.4. The second-order valence-corrected chi connectivity index (χ2v) is 9.82. The quantitative estimate of drug-likeness (QED) is 0.298. The third kappa shape index (κ3) is 6.15. The van der Waals surface area contributed by atoms with Gasteiger partial charge in [0.25, 0.3) is 0 Å². The molecule has 3 aromatic rings. The molecular formula is C22H20ClGeNO4P. The summed E-state index contributed by atoms with van der Waals surface area (Å²) in [6, 6.07) is 24.3. The van der Waals surface area contributed by atoms with Gasteiger partial charge in [-0.3, -0.25) is 0 Å². The first-order chi connectivity index (χ1) is 14.5. The summed E-state index contributed by atoms with van der Waals surface area (Å²) in [6.45, 7) is 0. The van der Waals surface area contributed by atoms with Crippen molar-refractivity contribution in [1.82, 2.24) is 5.32 Å². The van der Waals surface area contributed by atoms with E-state index in [0.29, 0.717) is 33.8 Å². The van der Waals surface area contributed by atoms with Crippen LogP contribution in [0.5, 0.6) is 11.5 Å². The van der Waals surface area contributed by atoms with E-state index in [1.54, 1.807) is 72.8 Å². The average molecular weight is 501 g/mol. The number of halogens is 1. The topological polar surface area (TPSA) is 64.6 Å². The normalized spacial score (nSPS) is 12.1. The van der Waals surface area contributed by atoms with E-state index in [2.05, 4.69) is 5.32 Å². The van der Waals surface area contributed by atoms with Gasteiger partial charge in [-0.2, -0.15) is 0 Å². The number of hydrogen-bond donors (Lipinski definition) is 1. The minimum absolute atomic E-state index is 0.244. The van der Waals surface area contributed by atoms with Crippen molar-refractivity contribution in [3.8, 4) is 11.5 Å². The summed E-state index contributed by atoms with van der Waals surface area (Å²) in [5.74, 6) is -0.513. The molecule has 3 radical (unpaired) electrons. The Balaban J connectivity index is 2.05. The van der Waals surface area contributed by atoms with Gasteiger partial charge < -0.3 is 0 Å². The van der Waals surface area contributed by atoms with Crippen LogP contribution < -0.4 is 14.4 Å². The molecule has 3 rings (SSSR count). The SMILES string of the molecule is O=C(C[CH2][Ge])NC(c1ccc(Cl)cc1)P(=O)(Oc1ccccc1)Oc1ccccc1. The predicted molar refractivity (Wildman–Crippen MR) is 119 cm³/mol. The molecule has 1 atom stereocenters. The fourth-order valence-electron chi connectivity index (χ4n) is 2.71. The minimum atomic E-state index is -3.96. The Morgan fingerprint density at radius 2 is 1.40 bits per heavy atom. The zero-order valence-corrected chi connectivity index (χ0v) is 19.8. The van der Waals surface area contributed by atoms with Crippen molar-refractivity contribution < 1.29 is 18.4 Å². The standard InChI is InChI=1S/C22H20ClGeNO4P/c23-18-13-11-17(12-14-18)22(25-21(26)15-16-24)30(27,28-19-7-3-1-4-8-19)29-20-9-5-2-6-10-20/h1-14,22H,15-16H2,(H,25,26). The summed E-state index contributed by atoms with van der Waals surface area (Å²) in [7, 11) is -3.96. The Hall–Kier alpha value is -2.21. The van der Waals surface area contributed by atoms with E-state index in [4.69, 9.17) is 20.6 Å². The molecule has 30 heavy (non-hydrogen) atoms. The molecule has 0 heterocycles. The molecule has 0 aromatic heterocycles. The van der Waals surface area contributed by atoms with Crippen molar-refractivity contribution in [2.24, 2.45) is 0 Å². The van der Waals surface area contributed by atoms with Gasteiger partial charge in [0.15, 0.2) is 0 Å². The molecule has 0 aliphatic heterocycles. The third-order valence-corrected chi connectivity index (χ3v) is 6.87. The number of amides is 1. The fourth-order valence-corrected chi connectivity index (χ4v) is 5.23. The summed E-state index contributed by atoms with van der Waals surface area (Å²) in [6.07, 6.45) is 0.292. The van der Waals surface area contributed by atoms with Gasteiger partial charge in [-0.05, 0) is 0 Å². The number of rotatable bonds is 9. The third-order valence-electron chi connectivity index (χ3n) is 4.10. The molecule has 0 saturated carbocycles. The van der Waals surface area contributed by atoms with Crippen LogP contribution in [-0.2, 0) is 9.36 Å². The molecule has 0 aliphatic rings. The fraction of sp³-hybridized carbons (Fsp3) is 0.136. The van der Waals surface area contributed by atoms with Crippen LogP contribution in [0, 0.1) is 0 Å². The second-order valence-electron chi connectivity index (χ2n) is 6.37. The zero-order valence-electron chi connectivity index (χ0n) is 16.0. The van der Waals surface area contributed by atoms with Gasteiger partial charge in [-0.25, -0.2) is 0 Å². The van der Waals surface area contributed by atoms with Gasteiger partial charge in [0.05, 0.1) is 0 Å². The molecule has 3 aromatic carbocycles. The molecule has 1 unspecified atom stereocenters. The van der Waals surface area contributed by atoms with Crippen LogP contribution >= 0.6 is 19.2 Å². The van der Waals surface area contributed by atoms with Crippen LogP contribution in [-0.4, -0.2) is 22.4 Å². The van der Waals surface area contributed by atoms with Crippen molar-refractivity contribution in [2.75, 3.05) is 0 Å². The van der Waals surface area contributed by atoms with Crippen LogP contribution in [0.15, 0.2) is 84.9 Å². The second kappa shape index (κ2) is 10.7. The van der Waals surface area contributed by atoms with E-state index in [-0.39, 0.29) is 5.91 Å². The molecule has 1 amide bonds. The average Bonchev–Trinajstić information content (AvgIpc) is 2.74. The van der Waals surface area contributed by atoms with E-state index >= 15 is 0 Å². The first kappa shape index (κ1) is 22.5. The number of para-hydroxylation sites is 2. The van der Waals surface area contributed by atoms with Crippen LogP contribution in [0.1, 0.15) is 17.8 Å². The first-order valence-electron chi connectivity index (χ1n) is 9.28. The van der Waals surface area contributed by atoms with Gasteiger partial charge in [0.1, 0.15) is 0 Å². The Labute approximate surface area is 189 Å². The van der Waals surface area contributed by atoms with Crippen molar-refractivity contribution in [3.63, 3.8) is 0 Å². The molecule has 0 saturated heterocycles. The van der Waals surface area contributed by atoms with Crippen LogP contribution in [0.2, 0.25) is 10.3 Å². The van der Waals surface area contributed by atoms with Crippen LogP contribution in [0.4, 0.5) is 0 Å². The van der Waals surface area contributed by atoms with Crippen molar-refractivity contribution in [1.29, 1.82) is 0 Å². The molecule has 0 spiro atoms. The maximum atomic E-state index is 14.2.